The van der Waals surface area contributed by atoms with Crippen molar-refractivity contribution < 1.29 is 31.7 Å². The summed E-state index contributed by atoms with van der Waals surface area (Å²) in [6.45, 7) is 13.5. The quantitative estimate of drug-likeness (QED) is 0.541. The number of aromatic nitrogens is 2. The van der Waals surface area contributed by atoms with E-state index in [1.54, 1.807) is 16.0 Å². The minimum atomic E-state index is -3.42. The second-order valence-electron chi connectivity index (χ2n) is 11.2. The summed E-state index contributed by atoms with van der Waals surface area (Å²) < 4.78 is 39.6. The third-order valence-corrected chi connectivity index (χ3v) is 6.09. The number of ether oxygens (including phenoxy) is 2. The second-order valence-corrected chi connectivity index (χ2v) is 12.8. The van der Waals surface area contributed by atoms with Crippen LogP contribution in [0.5, 0.6) is 0 Å². The molecule has 0 bridgehead atoms. The summed E-state index contributed by atoms with van der Waals surface area (Å²) in [5.74, 6) is 0. The number of hydrogen-bond donors (Lipinski definition) is 0. The number of piperidine rings is 2. The van der Waals surface area contributed by atoms with Crippen LogP contribution in [0.3, 0.4) is 0 Å². The molecule has 2 fully saturated rings. The van der Waals surface area contributed by atoms with Gasteiger partial charge in [0.2, 0.25) is 0 Å². The summed E-state index contributed by atoms with van der Waals surface area (Å²) in [6.07, 6.45) is 8.67. The zero-order valence-electron chi connectivity index (χ0n) is 22.6. The zero-order valence-corrected chi connectivity index (χ0v) is 23.4. The Labute approximate surface area is 215 Å². The van der Waals surface area contributed by atoms with Gasteiger partial charge in [0, 0.05) is 44.6 Å². The highest BCUT2D eigenvalue weighted by molar-refractivity contribution is 7.86. The van der Waals surface area contributed by atoms with Crippen molar-refractivity contribution >= 4 is 22.3 Å². The van der Waals surface area contributed by atoms with Gasteiger partial charge in [0.15, 0.2) is 0 Å². The Morgan fingerprint density at radius 2 is 1.28 bits per heavy atom. The Hall–Kier alpha value is -2.34. The van der Waals surface area contributed by atoms with Crippen LogP contribution in [0.4, 0.5) is 9.59 Å². The first-order valence-corrected chi connectivity index (χ1v) is 14.2. The molecular formula is C24H42N4O7S. The first-order valence-electron chi connectivity index (χ1n) is 12.3. The van der Waals surface area contributed by atoms with Crippen molar-refractivity contribution in [2.45, 2.75) is 90.6 Å². The fourth-order valence-electron chi connectivity index (χ4n) is 3.87. The van der Waals surface area contributed by atoms with E-state index in [9.17, 15) is 18.0 Å². The maximum atomic E-state index is 11.9. The molecule has 0 spiro atoms. The highest BCUT2D eigenvalue weighted by Crippen LogP contribution is 2.23. The van der Waals surface area contributed by atoms with Crippen molar-refractivity contribution in [3.05, 3.63) is 18.7 Å². The summed E-state index contributed by atoms with van der Waals surface area (Å²) in [5, 5.41) is 0. The van der Waals surface area contributed by atoms with E-state index in [0.717, 1.165) is 32.2 Å². The van der Waals surface area contributed by atoms with Gasteiger partial charge in [-0.3, -0.25) is 4.18 Å². The van der Waals surface area contributed by atoms with Gasteiger partial charge in [0.25, 0.3) is 10.1 Å². The van der Waals surface area contributed by atoms with E-state index >= 15 is 0 Å². The number of nitrogens with zero attached hydrogens (tertiary/aromatic N) is 4. The van der Waals surface area contributed by atoms with Crippen LogP contribution in [0.2, 0.25) is 0 Å². The fourth-order valence-corrected chi connectivity index (χ4v) is 4.55. The number of hydrogen-bond acceptors (Lipinski definition) is 8. The van der Waals surface area contributed by atoms with Crippen LogP contribution in [0.1, 0.15) is 73.3 Å². The van der Waals surface area contributed by atoms with Crippen LogP contribution in [0, 0.1) is 0 Å². The average molecular weight is 531 g/mol. The van der Waals surface area contributed by atoms with Crippen molar-refractivity contribution in [1.29, 1.82) is 0 Å². The number of imidazole rings is 1. The minimum absolute atomic E-state index is 0.202. The molecular weight excluding hydrogens is 488 g/mol. The van der Waals surface area contributed by atoms with E-state index in [-0.39, 0.29) is 18.3 Å². The average Bonchev–Trinajstić information content (AvgIpc) is 3.26. The van der Waals surface area contributed by atoms with Gasteiger partial charge in [-0.25, -0.2) is 14.6 Å². The van der Waals surface area contributed by atoms with Crippen molar-refractivity contribution in [2.24, 2.45) is 0 Å². The lowest BCUT2D eigenvalue weighted by atomic mass is 10.1. The van der Waals surface area contributed by atoms with Gasteiger partial charge in [-0.1, -0.05) is 0 Å². The molecule has 3 rings (SSSR count). The Morgan fingerprint density at radius 3 is 1.64 bits per heavy atom. The van der Waals surface area contributed by atoms with Gasteiger partial charge < -0.3 is 23.8 Å². The molecule has 0 saturated carbocycles. The van der Waals surface area contributed by atoms with Gasteiger partial charge in [-0.15, -0.1) is 0 Å². The van der Waals surface area contributed by atoms with E-state index < -0.39 is 21.3 Å². The summed E-state index contributed by atoms with van der Waals surface area (Å²) in [4.78, 5) is 31.1. The maximum absolute atomic E-state index is 11.9. The van der Waals surface area contributed by atoms with Gasteiger partial charge in [-0.05, 0) is 67.2 Å². The number of rotatable bonds is 3. The lowest BCUT2D eigenvalue weighted by Gasteiger charge is -2.33. The SMILES string of the molecule is CC(C)(C)OC(=O)N1CCC(OS(C)(=O)=O)CC1.CC(C)(C)OC(=O)N1CCC(n2ccnc2)CC1. The fraction of sp³-hybridized carbons (Fsp3) is 0.792. The van der Waals surface area contributed by atoms with E-state index in [1.807, 2.05) is 54.1 Å². The van der Waals surface area contributed by atoms with E-state index in [4.69, 9.17) is 13.7 Å². The molecule has 206 valence electrons. The summed E-state index contributed by atoms with van der Waals surface area (Å²) in [5.41, 5.74) is -0.935. The van der Waals surface area contributed by atoms with Crippen molar-refractivity contribution in [2.75, 3.05) is 32.4 Å². The molecule has 2 aliphatic rings. The van der Waals surface area contributed by atoms with Crippen molar-refractivity contribution in [1.82, 2.24) is 19.4 Å². The van der Waals surface area contributed by atoms with Crippen LogP contribution in [0.15, 0.2) is 18.7 Å². The first-order chi connectivity index (χ1) is 16.5. The third kappa shape index (κ3) is 11.2. The molecule has 0 unspecified atom stereocenters. The van der Waals surface area contributed by atoms with Gasteiger partial charge in [0.05, 0.1) is 18.7 Å². The Bertz CT molecular complexity index is 936. The predicted octanol–water partition coefficient (Wildman–Crippen LogP) is 3.82. The number of carbonyl (C=O) groups is 2. The van der Waals surface area contributed by atoms with Crippen LogP contribution < -0.4 is 0 Å². The summed E-state index contributed by atoms with van der Waals surface area (Å²) in [6, 6.07) is 0.450. The normalized spacial score (nSPS) is 18.3. The van der Waals surface area contributed by atoms with Crippen LogP contribution in [-0.2, 0) is 23.8 Å². The number of carbonyl (C=O) groups excluding carboxylic acids is 2. The lowest BCUT2D eigenvalue weighted by Crippen LogP contribution is -2.43. The molecule has 2 aliphatic heterocycles. The molecule has 12 heteroatoms. The highest BCUT2D eigenvalue weighted by atomic mass is 32.2. The standard InChI is InChI=1S/C13H21N3O2.C11H21NO5S/c1-13(2,3)18-12(17)15-7-4-11(5-8-15)16-9-6-14-10-16;1-11(2,3)16-10(13)12-7-5-9(6-8-12)17-18(4,14)15/h6,9-11H,4-5,7-8H2,1-3H3;9H,5-8H2,1-4H3. The monoisotopic (exact) mass is 530 g/mol. The molecule has 0 atom stereocenters. The maximum Gasteiger partial charge on any atom is 0.410 e. The Kier molecular flexibility index (Phi) is 10.2. The summed E-state index contributed by atoms with van der Waals surface area (Å²) >= 11 is 0. The minimum Gasteiger partial charge on any atom is -0.444 e. The Morgan fingerprint density at radius 1 is 0.833 bits per heavy atom. The number of likely N-dealkylation sites (tertiary alicyclic amines) is 2. The first kappa shape index (κ1) is 29.9. The van der Waals surface area contributed by atoms with E-state index in [0.29, 0.717) is 32.0 Å². The predicted molar refractivity (Wildman–Crippen MR) is 135 cm³/mol. The lowest BCUT2D eigenvalue weighted by molar-refractivity contribution is 0.0131. The van der Waals surface area contributed by atoms with Crippen LogP contribution in [-0.4, -0.2) is 89.7 Å². The highest BCUT2D eigenvalue weighted by Gasteiger charge is 2.29. The molecule has 11 nitrogen and oxygen atoms in total. The smallest absolute Gasteiger partial charge is 0.410 e. The molecule has 0 aliphatic carbocycles. The van der Waals surface area contributed by atoms with Gasteiger partial charge in [-0.2, -0.15) is 8.42 Å². The number of amides is 2. The zero-order chi connectivity index (χ0) is 27.1. The molecule has 2 saturated heterocycles. The van der Waals surface area contributed by atoms with E-state index in [2.05, 4.69) is 9.55 Å². The molecule has 1 aromatic rings. The third-order valence-electron chi connectivity index (χ3n) is 5.47. The molecule has 0 radical (unpaired) electrons. The van der Waals surface area contributed by atoms with Crippen LogP contribution in [0.25, 0.3) is 0 Å². The second kappa shape index (κ2) is 12.3. The van der Waals surface area contributed by atoms with Crippen molar-refractivity contribution in [3.8, 4) is 0 Å². The molecule has 36 heavy (non-hydrogen) atoms. The topological polar surface area (TPSA) is 120 Å². The molecule has 0 N–H and O–H groups in total. The van der Waals surface area contributed by atoms with Crippen LogP contribution >= 0.6 is 0 Å². The summed E-state index contributed by atoms with van der Waals surface area (Å²) in [7, 11) is -3.42. The Balaban J connectivity index is 0.000000254. The largest absolute Gasteiger partial charge is 0.444 e. The molecule has 1 aromatic heterocycles. The van der Waals surface area contributed by atoms with Gasteiger partial charge in [0.1, 0.15) is 11.2 Å². The molecule has 3 heterocycles. The molecule has 2 amide bonds. The molecule has 0 aromatic carbocycles. The van der Waals surface area contributed by atoms with E-state index in [1.165, 1.54) is 0 Å². The van der Waals surface area contributed by atoms with Crippen molar-refractivity contribution in [3.63, 3.8) is 0 Å². The van der Waals surface area contributed by atoms with Gasteiger partial charge >= 0.3 is 12.2 Å².